The first-order valence-electron chi connectivity index (χ1n) is 6.15. The van der Waals surface area contributed by atoms with Gasteiger partial charge < -0.3 is 10.5 Å². The molecule has 18 heavy (non-hydrogen) atoms. The molecule has 0 saturated heterocycles. The van der Waals surface area contributed by atoms with Crippen molar-refractivity contribution in [3.63, 3.8) is 0 Å². The highest BCUT2D eigenvalue weighted by atomic mass is 16.5. The third-order valence-electron chi connectivity index (χ3n) is 3.07. The Kier molecular flexibility index (Phi) is 3.55. The van der Waals surface area contributed by atoms with Crippen molar-refractivity contribution in [2.75, 3.05) is 12.3 Å². The SMILES string of the molecule is CCOc1ccc(C(C)n2ncc(C)c2N)cc1. The van der Waals surface area contributed by atoms with Gasteiger partial charge in [-0.1, -0.05) is 12.1 Å². The number of rotatable bonds is 4. The van der Waals surface area contributed by atoms with Crippen LogP contribution >= 0.6 is 0 Å². The van der Waals surface area contributed by atoms with Gasteiger partial charge in [0, 0.05) is 5.56 Å². The molecule has 4 nitrogen and oxygen atoms in total. The highest BCUT2D eigenvalue weighted by molar-refractivity contribution is 5.39. The number of ether oxygens (including phenoxy) is 1. The standard InChI is InChI=1S/C14H19N3O/c1-4-18-13-7-5-12(6-8-13)11(3)17-14(15)10(2)9-16-17/h5-9,11H,4,15H2,1-3H3. The molecule has 0 radical (unpaired) electrons. The van der Waals surface area contributed by atoms with Crippen molar-refractivity contribution in [2.45, 2.75) is 26.8 Å². The first kappa shape index (κ1) is 12.5. The van der Waals surface area contributed by atoms with E-state index in [0.717, 1.165) is 22.7 Å². The number of anilines is 1. The summed E-state index contributed by atoms with van der Waals surface area (Å²) in [5, 5.41) is 4.31. The molecule has 0 spiro atoms. The summed E-state index contributed by atoms with van der Waals surface area (Å²) in [7, 11) is 0. The Morgan fingerprint density at radius 3 is 2.50 bits per heavy atom. The van der Waals surface area contributed by atoms with E-state index in [1.807, 2.05) is 42.8 Å². The van der Waals surface area contributed by atoms with Crippen LogP contribution in [-0.2, 0) is 0 Å². The van der Waals surface area contributed by atoms with E-state index < -0.39 is 0 Å². The van der Waals surface area contributed by atoms with E-state index in [2.05, 4.69) is 12.0 Å². The number of nitrogen functional groups attached to an aromatic ring is 1. The van der Waals surface area contributed by atoms with E-state index in [4.69, 9.17) is 10.5 Å². The van der Waals surface area contributed by atoms with Gasteiger partial charge in [0.15, 0.2) is 0 Å². The van der Waals surface area contributed by atoms with Gasteiger partial charge in [0.1, 0.15) is 11.6 Å². The minimum Gasteiger partial charge on any atom is -0.494 e. The molecule has 4 heteroatoms. The molecule has 0 amide bonds. The van der Waals surface area contributed by atoms with Crippen LogP contribution in [0.5, 0.6) is 5.75 Å². The van der Waals surface area contributed by atoms with Crippen LogP contribution in [0, 0.1) is 6.92 Å². The largest absolute Gasteiger partial charge is 0.494 e. The Morgan fingerprint density at radius 1 is 1.33 bits per heavy atom. The Hall–Kier alpha value is -1.97. The van der Waals surface area contributed by atoms with Crippen molar-refractivity contribution in [3.05, 3.63) is 41.6 Å². The quantitative estimate of drug-likeness (QED) is 0.901. The summed E-state index contributed by atoms with van der Waals surface area (Å²) in [5.41, 5.74) is 8.16. The maximum absolute atomic E-state index is 5.99. The monoisotopic (exact) mass is 245 g/mol. The Morgan fingerprint density at radius 2 is 2.00 bits per heavy atom. The second-order valence-corrected chi connectivity index (χ2v) is 4.34. The molecule has 0 saturated carbocycles. The average molecular weight is 245 g/mol. The summed E-state index contributed by atoms with van der Waals surface area (Å²) in [5.74, 6) is 1.61. The Bertz CT molecular complexity index is 516. The average Bonchev–Trinajstić information content (AvgIpc) is 2.71. The zero-order valence-corrected chi connectivity index (χ0v) is 11.1. The Labute approximate surface area is 107 Å². The smallest absolute Gasteiger partial charge is 0.125 e. The lowest BCUT2D eigenvalue weighted by atomic mass is 10.1. The molecule has 0 aliphatic carbocycles. The fraction of sp³-hybridized carbons (Fsp3) is 0.357. The van der Waals surface area contributed by atoms with Crippen LogP contribution in [0.3, 0.4) is 0 Å². The summed E-state index contributed by atoms with van der Waals surface area (Å²) in [4.78, 5) is 0. The van der Waals surface area contributed by atoms with Gasteiger partial charge >= 0.3 is 0 Å². The number of benzene rings is 1. The summed E-state index contributed by atoms with van der Waals surface area (Å²) < 4.78 is 7.27. The van der Waals surface area contributed by atoms with Crippen molar-refractivity contribution in [1.29, 1.82) is 0 Å². The van der Waals surface area contributed by atoms with Gasteiger partial charge in [-0.15, -0.1) is 0 Å². The molecule has 1 aromatic carbocycles. The number of nitrogens with zero attached hydrogens (tertiary/aromatic N) is 2. The predicted octanol–water partition coefficient (Wildman–Crippen LogP) is 2.78. The third kappa shape index (κ3) is 2.32. The van der Waals surface area contributed by atoms with E-state index in [0.29, 0.717) is 6.61 Å². The van der Waals surface area contributed by atoms with Crippen LogP contribution in [0.4, 0.5) is 5.82 Å². The second-order valence-electron chi connectivity index (χ2n) is 4.34. The molecular formula is C14H19N3O. The normalized spacial score (nSPS) is 12.4. The molecule has 2 aromatic rings. The zero-order chi connectivity index (χ0) is 13.1. The van der Waals surface area contributed by atoms with Crippen LogP contribution in [0.2, 0.25) is 0 Å². The molecule has 1 heterocycles. The van der Waals surface area contributed by atoms with E-state index in [1.165, 1.54) is 0 Å². The van der Waals surface area contributed by atoms with Gasteiger partial charge in [-0.3, -0.25) is 0 Å². The molecule has 1 unspecified atom stereocenters. The molecular weight excluding hydrogens is 226 g/mol. The minimum absolute atomic E-state index is 0.120. The van der Waals surface area contributed by atoms with E-state index in [9.17, 15) is 0 Å². The molecule has 1 atom stereocenters. The first-order chi connectivity index (χ1) is 8.63. The van der Waals surface area contributed by atoms with Crippen LogP contribution in [-0.4, -0.2) is 16.4 Å². The van der Waals surface area contributed by atoms with Crippen molar-refractivity contribution in [3.8, 4) is 5.75 Å². The molecule has 0 bridgehead atoms. The van der Waals surface area contributed by atoms with Gasteiger partial charge in [0.05, 0.1) is 18.8 Å². The lowest BCUT2D eigenvalue weighted by Crippen LogP contribution is -2.11. The molecule has 0 aliphatic rings. The van der Waals surface area contributed by atoms with Crippen LogP contribution in [0.15, 0.2) is 30.5 Å². The number of hydrogen-bond donors (Lipinski definition) is 1. The van der Waals surface area contributed by atoms with E-state index >= 15 is 0 Å². The van der Waals surface area contributed by atoms with Crippen LogP contribution in [0.25, 0.3) is 0 Å². The van der Waals surface area contributed by atoms with E-state index in [1.54, 1.807) is 6.20 Å². The van der Waals surface area contributed by atoms with Crippen molar-refractivity contribution >= 4 is 5.82 Å². The maximum atomic E-state index is 5.99. The van der Waals surface area contributed by atoms with E-state index in [-0.39, 0.29) is 6.04 Å². The Balaban J connectivity index is 2.23. The van der Waals surface area contributed by atoms with Crippen LogP contribution < -0.4 is 10.5 Å². The highest BCUT2D eigenvalue weighted by Crippen LogP contribution is 2.24. The lowest BCUT2D eigenvalue weighted by Gasteiger charge is -2.15. The topological polar surface area (TPSA) is 53.1 Å². The van der Waals surface area contributed by atoms with Gasteiger partial charge in [-0.05, 0) is 38.5 Å². The molecule has 2 rings (SSSR count). The second kappa shape index (κ2) is 5.12. The summed E-state index contributed by atoms with van der Waals surface area (Å²) in [6, 6.07) is 8.16. The van der Waals surface area contributed by atoms with Crippen molar-refractivity contribution < 1.29 is 4.74 Å². The summed E-state index contributed by atoms with van der Waals surface area (Å²) in [6.45, 7) is 6.70. The summed E-state index contributed by atoms with van der Waals surface area (Å²) >= 11 is 0. The van der Waals surface area contributed by atoms with Crippen molar-refractivity contribution in [1.82, 2.24) is 9.78 Å². The number of nitrogens with two attached hydrogens (primary N) is 1. The van der Waals surface area contributed by atoms with Gasteiger partial charge in [-0.2, -0.15) is 5.10 Å². The minimum atomic E-state index is 0.120. The zero-order valence-electron chi connectivity index (χ0n) is 11.1. The molecule has 0 aliphatic heterocycles. The first-order valence-corrected chi connectivity index (χ1v) is 6.15. The molecule has 96 valence electrons. The number of aryl methyl sites for hydroxylation is 1. The molecule has 1 aromatic heterocycles. The van der Waals surface area contributed by atoms with Crippen LogP contribution in [0.1, 0.15) is 31.0 Å². The summed E-state index contributed by atoms with van der Waals surface area (Å²) in [6.07, 6.45) is 1.79. The lowest BCUT2D eigenvalue weighted by molar-refractivity contribution is 0.340. The predicted molar refractivity (Wildman–Crippen MR) is 72.8 cm³/mol. The van der Waals surface area contributed by atoms with Gasteiger partial charge in [0.2, 0.25) is 0 Å². The number of hydrogen-bond acceptors (Lipinski definition) is 3. The van der Waals surface area contributed by atoms with Crippen molar-refractivity contribution in [2.24, 2.45) is 0 Å². The number of aromatic nitrogens is 2. The third-order valence-corrected chi connectivity index (χ3v) is 3.07. The molecule has 2 N–H and O–H groups in total. The maximum Gasteiger partial charge on any atom is 0.125 e. The highest BCUT2D eigenvalue weighted by Gasteiger charge is 2.12. The fourth-order valence-electron chi connectivity index (χ4n) is 1.92. The van der Waals surface area contributed by atoms with Gasteiger partial charge in [0.25, 0.3) is 0 Å². The van der Waals surface area contributed by atoms with Gasteiger partial charge in [-0.25, -0.2) is 4.68 Å². The fourth-order valence-corrected chi connectivity index (χ4v) is 1.92. The molecule has 0 fully saturated rings.